The van der Waals surface area contributed by atoms with Crippen LogP contribution in [0.15, 0.2) is 36.4 Å². The van der Waals surface area contributed by atoms with E-state index in [1.165, 1.54) is 18.2 Å². The van der Waals surface area contributed by atoms with Gasteiger partial charge in [0.1, 0.15) is 5.75 Å². The molecule has 0 saturated carbocycles. The van der Waals surface area contributed by atoms with Crippen LogP contribution in [0.25, 0.3) is 0 Å². The Hall–Kier alpha value is -2.20. The molecule has 3 N–H and O–H groups in total. The first-order valence-electron chi connectivity index (χ1n) is 6.25. The van der Waals surface area contributed by atoms with E-state index in [0.717, 1.165) is 17.7 Å². The predicted molar refractivity (Wildman–Crippen MR) is 79.4 cm³/mol. The number of carbonyl (C=O) groups excluding carboxylic acids is 1. The predicted octanol–water partition coefficient (Wildman–Crippen LogP) is 2.83. The number of hydrogen-bond acceptors (Lipinski definition) is 3. The number of hydrogen-bond donors (Lipinski definition) is 2. The number of carbonyl (C=O) groups is 1. The minimum atomic E-state index is -0.213. The maximum Gasteiger partial charge on any atom is 0.259 e. The van der Waals surface area contributed by atoms with Gasteiger partial charge in [0.05, 0.1) is 10.6 Å². The molecule has 0 fully saturated rings. The topological polar surface area (TPSA) is 66.6 Å². The minimum absolute atomic E-state index is 0.0227. The van der Waals surface area contributed by atoms with Crippen molar-refractivity contribution < 1.29 is 9.90 Å². The molecular formula is C15H13ClN2O2. The Morgan fingerprint density at radius 3 is 2.85 bits per heavy atom. The van der Waals surface area contributed by atoms with E-state index in [-0.39, 0.29) is 11.7 Å². The Bertz CT molecular complexity index is 700. The number of phenols is 1. The lowest BCUT2D eigenvalue weighted by Crippen LogP contribution is -2.29. The number of benzene rings is 2. The van der Waals surface area contributed by atoms with Crippen molar-refractivity contribution in [1.82, 2.24) is 0 Å². The van der Waals surface area contributed by atoms with Gasteiger partial charge >= 0.3 is 0 Å². The first-order chi connectivity index (χ1) is 9.56. The second-order valence-corrected chi connectivity index (χ2v) is 5.17. The molecule has 20 heavy (non-hydrogen) atoms. The molecule has 3 rings (SSSR count). The zero-order valence-electron chi connectivity index (χ0n) is 10.6. The summed E-state index contributed by atoms with van der Waals surface area (Å²) in [4.78, 5) is 14.2. The summed E-state index contributed by atoms with van der Waals surface area (Å²) in [5, 5.41) is 9.85. The number of nitrogens with zero attached hydrogens (tertiary/aromatic N) is 1. The molecule has 2 aromatic carbocycles. The summed E-state index contributed by atoms with van der Waals surface area (Å²) in [6, 6.07) is 9.86. The van der Waals surface area contributed by atoms with Crippen LogP contribution in [0.4, 0.5) is 11.4 Å². The molecule has 1 heterocycles. The number of nitrogens with two attached hydrogens (primary N) is 1. The van der Waals surface area contributed by atoms with E-state index in [2.05, 4.69) is 0 Å². The number of amides is 1. The fourth-order valence-electron chi connectivity index (χ4n) is 2.46. The monoisotopic (exact) mass is 288 g/mol. The molecule has 1 aliphatic heterocycles. The molecule has 4 nitrogen and oxygen atoms in total. The molecule has 1 aliphatic rings. The molecule has 0 radical (unpaired) electrons. The average molecular weight is 289 g/mol. The fraction of sp³-hybridized carbons (Fsp3) is 0.133. The van der Waals surface area contributed by atoms with Crippen molar-refractivity contribution in [2.45, 2.75) is 6.42 Å². The molecule has 1 amide bonds. The van der Waals surface area contributed by atoms with E-state index >= 15 is 0 Å². The normalized spacial score (nSPS) is 13.3. The van der Waals surface area contributed by atoms with Crippen LogP contribution >= 0.6 is 11.6 Å². The quantitative estimate of drug-likeness (QED) is 0.793. The number of anilines is 2. The Balaban J connectivity index is 2.00. The lowest BCUT2D eigenvalue weighted by molar-refractivity contribution is 0.0989. The van der Waals surface area contributed by atoms with Crippen molar-refractivity contribution in [2.75, 3.05) is 17.2 Å². The van der Waals surface area contributed by atoms with E-state index in [1.54, 1.807) is 11.0 Å². The highest BCUT2D eigenvalue weighted by atomic mass is 35.5. The van der Waals surface area contributed by atoms with Gasteiger partial charge in [-0.15, -0.1) is 0 Å². The van der Waals surface area contributed by atoms with E-state index in [9.17, 15) is 9.90 Å². The number of fused-ring (bicyclic) bond motifs is 1. The van der Waals surface area contributed by atoms with Crippen LogP contribution in [0.3, 0.4) is 0 Å². The molecule has 0 bridgehead atoms. The van der Waals surface area contributed by atoms with Crippen LogP contribution in [-0.2, 0) is 6.42 Å². The van der Waals surface area contributed by atoms with Crippen molar-refractivity contribution in [3.05, 3.63) is 52.5 Å². The molecule has 0 spiro atoms. The zero-order valence-corrected chi connectivity index (χ0v) is 11.4. The maximum atomic E-state index is 12.6. The van der Waals surface area contributed by atoms with Gasteiger partial charge in [-0.2, -0.15) is 0 Å². The first kappa shape index (κ1) is 12.8. The van der Waals surface area contributed by atoms with Gasteiger partial charge in [-0.3, -0.25) is 4.79 Å². The van der Waals surface area contributed by atoms with Crippen LogP contribution in [0.1, 0.15) is 15.9 Å². The molecular weight excluding hydrogens is 276 g/mol. The van der Waals surface area contributed by atoms with E-state index in [0.29, 0.717) is 22.8 Å². The van der Waals surface area contributed by atoms with Gasteiger partial charge in [-0.05, 0) is 48.4 Å². The number of nitrogen functional groups attached to an aromatic ring is 1. The largest absolute Gasteiger partial charge is 0.508 e. The zero-order chi connectivity index (χ0) is 14.3. The molecule has 0 unspecified atom stereocenters. The van der Waals surface area contributed by atoms with Crippen molar-refractivity contribution in [3.63, 3.8) is 0 Å². The third kappa shape index (κ3) is 2.08. The average Bonchev–Trinajstić information content (AvgIpc) is 2.83. The summed E-state index contributed by atoms with van der Waals surface area (Å²) < 4.78 is 0. The van der Waals surface area contributed by atoms with Crippen LogP contribution in [-0.4, -0.2) is 17.6 Å². The van der Waals surface area contributed by atoms with Crippen molar-refractivity contribution in [1.29, 1.82) is 0 Å². The molecule has 0 aliphatic carbocycles. The summed E-state index contributed by atoms with van der Waals surface area (Å²) in [6.45, 7) is 0.587. The second kappa shape index (κ2) is 4.72. The molecule has 5 heteroatoms. The summed E-state index contributed by atoms with van der Waals surface area (Å²) in [7, 11) is 0. The van der Waals surface area contributed by atoms with Gasteiger partial charge < -0.3 is 15.7 Å². The molecule has 0 aromatic heterocycles. The smallest absolute Gasteiger partial charge is 0.259 e. The van der Waals surface area contributed by atoms with Crippen LogP contribution in [0.5, 0.6) is 5.75 Å². The maximum absolute atomic E-state index is 12.6. The molecule has 102 valence electrons. The Morgan fingerprint density at radius 1 is 1.25 bits per heavy atom. The Labute approximate surface area is 121 Å². The number of rotatable bonds is 1. The van der Waals surface area contributed by atoms with Crippen molar-refractivity contribution in [2.24, 2.45) is 0 Å². The van der Waals surface area contributed by atoms with Gasteiger partial charge in [0.15, 0.2) is 0 Å². The molecule has 0 saturated heterocycles. The Kier molecular flexibility index (Phi) is 3.03. The van der Waals surface area contributed by atoms with Crippen molar-refractivity contribution in [3.8, 4) is 5.75 Å². The summed E-state index contributed by atoms with van der Waals surface area (Å²) in [5.74, 6) is -0.191. The van der Waals surface area contributed by atoms with Gasteiger partial charge in [-0.1, -0.05) is 11.6 Å². The van der Waals surface area contributed by atoms with E-state index in [4.69, 9.17) is 17.3 Å². The van der Waals surface area contributed by atoms with Gasteiger partial charge in [-0.25, -0.2) is 0 Å². The number of phenolic OH excluding ortho intramolecular Hbond substituents is 1. The third-order valence-electron chi connectivity index (χ3n) is 3.42. The minimum Gasteiger partial charge on any atom is -0.508 e. The summed E-state index contributed by atoms with van der Waals surface area (Å²) in [5.41, 5.74) is 8.64. The summed E-state index contributed by atoms with van der Waals surface area (Å²) in [6.07, 6.45) is 0.766. The highest BCUT2D eigenvalue weighted by Crippen LogP contribution is 2.32. The molecule has 2 aromatic rings. The lowest BCUT2D eigenvalue weighted by Gasteiger charge is -2.18. The van der Waals surface area contributed by atoms with E-state index in [1.807, 2.05) is 12.1 Å². The highest BCUT2D eigenvalue weighted by Gasteiger charge is 2.27. The highest BCUT2D eigenvalue weighted by molar-refractivity contribution is 6.34. The molecule has 0 atom stereocenters. The number of aromatic hydroxyl groups is 1. The SMILES string of the molecule is Nc1ccc2c(c1)CCN2C(=O)c1cc(O)ccc1Cl. The van der Waals surface area contributed by atoms with Crippen LogP contribution < -0.4 is 10.6 Å². The Morgan fingerprint density at radius 2 is 2.05 bits per heavy atom. The standard InChI is InChI=1S/C15H13ClN2O2/c16-13-3-2-11(19)8-12(13)15(20)18-6-5-9-7-10(17)1-4-14(9)18/h1-4,7-8,19H,5-6,17H2. The number of halogens is 1. The second-order valence-electron chi connectivity index (χ2n) is 4.76. The lowest BCUT2D eigenvalue weighted by atomic mass is 10.1. The van der Waals surface area contributed by atoms with Gasteiger partial charge in [0.25, 0.3) is 5.91 Å². The summed E-state index contributed by atoms with van der Waals surface area (Å²) >= 11 is 6.04. The van der Waals surface area contributed by atoms with Gasteiger partial charge in [0.2, 0.25) is 0 Å². The van der Waals surface area contributed by atoms with Gasteiger partial charge in [0, 0.05) is 17.9 Å². The van der Waals surface area contributed by atoms with Crippen LogP contribution in [0.2, 0.25) is 5.02 Å². The fourth-order valence-corrected chi connectivity index (χ4v) is 2.65. The van der Waals surface area contributed by atoms with E-state index < -0.39 is 0 Å². The first-order valence-corrected chi connectivity index (χ1v) is 6.63. The third-order valence-corrected chi connectivity index (χ3v) is 3.75. The van der Waals surface area contributed by atoms with Crippen LogP contribution in [0, 0.1) is 0 Å². The van der Waals surface area contributed by atoms with Crippen molar-refractivity contribution >= 4 is 28.9 Å².